The minimum absolute atomic E-state index is 0.281. The second-order valence-corrected chi connectivity index (χ2v) is 9.28. The lowest BCUT2D eigenvalue weighted by Crippen LogP contribution is -2.32. The van der Waals surface area contributed by atoms with Gasteiger partial charge in [0.15, 0.2) is 5.13 Å². The van der Waals surface area contributed by atoms with E-state index in [9.17, 15) is 8.60 Å². The van der Waals surface area contributed by atoms with Gasteiger partial charge in [-0.1, -0.05) is 18.3 Å². The van der Waals surface area contributed by atoms with Gasteiger partial charge in [0.1, 0.15) is 5.82 Å². The summed E-state index contributed by atoms with van der Waals surface area (Å²) >= 11 is 1.57. The number of thiazole rings is 1. The Morgan fingerprint density at radius 3 is 2.54 bits per heavy atom. The average Bonchev–Trinajstić information content (AvgIpc) is 3.14. The van der Waals surface area contributed by atoms with E-state index in [1.807, 2.05) is 0 Å². The third kappa shape index (κ3) is 3.98. The predicted molar refractivity (Wildman–Crippen MR) is 111 cm³/mol. The van der Waals surface area contributed by atoms with Crippen molar-refractivity contribution in [3.05, 3.63) is 42.3 Å². The molecule has 0 radical (unpaired) electrons. The van der Waals surface area contributed by atoms with E-state index >= 15 is 0 Å². The van der Waals surface area contributed by atoms with Crippen LogP contribution >= 0.6 is 11.3 Å². The van der Waals surface area contributed by atoms with Gasteiger partial charge in [-0.3, -0.25) is 4.21 Å². The molecule has 4 rings (SSSR count). The van der Waals surface area contributed by atoms with Crippen LogP contribution in [0.3, 0.4) is 0 Å². The van der Waals surface area contributed by atoms with Gasteiger partial charge in [0.05, 0.1) is 27.1 Å². The highest BCUT2D eigenvalue weighted by Crippen LogP contribution is 2.40. The molecular weight excluding hydrogens is 395 g/mol. The van der Waals surface area contributed by atoms with E-state index in [0.29, 0.717) is 10.9 Å². The summed E-state index contributed by atoms with van der Waals surface area (Å²) in [6, 6.07) is 8.14. The second-order valence-electron chi connectivity index (χ2n) is 7.03. The minimum Gasteiger partial charge on any atom is -0.348 e. The molecule has 1 aliphatic rings. The molecule has 0 aliphatic carbocycles. The van der Waals surface area contributed by atoms with Crippen molar-refractivity contribution >= 4 is 27.3 Å². The Hall–Kier alpha value is -2.19. The van der Waals surface area contributed by atoms with Gasteiger partial charge in [-0.05, 0) is 49.1 Å². The molecule has 0 N–H and O–H groups in total. The molecule has 0 saturated carbocycles. The molecule has 1 aromatic carbocycles. The van der Waals surface area contributed by atoms with Crippen LogP contribution in [-0.4, -0.2) is 38.5 Å². The summed E-state index contributed by atoms with van der Waals surface area (Å²) in [5, 5.41) is 1.24. The van der Waals surface area contributed by atoms with E-state index in [1.165, 1.54) is 12.1 Å². The van der Waals surface area contributed by atoms with Crippen LogP contribution in [0.1, 0.15) is 19.8 Å². The van der Waals surface area contributed by atoms with Crippen LogP contribution in [0.25, 0.3) is 21.8 Å². The number of aromatic nitrogens is 3. The fraction of sp³-hybridized carbons (Fsp3) is 0.350. The largest absolute Gasteiger partial charge is 0.348 e. The van der Waals surface area contributed by atoms with Crippen molar-refractivity contribution < 1.29 is 8.60 Å². The summed E-state index contributed by atoms with van der Waals surface area (Å²) in [6.07, 6.45) is 5.48. The highest BCUT2D eigenvalue weighted by molar-refractivity contribution is 7.84. The topological polar surface area (TPSA) is 59.0 Å². The molecule has 0 amide bonds. The average molecular weight is 417 g/mol. The van der Waals surface area contributed by atoms with Gasteiger partial charge >= 0.3 is 0 Å². The van der Waals surface area contributed by atoms with Gasteiger partial charge in [0.25, 0.3) is 0 Å². The zero-order chi connectivity index (χ0) is 19.7. The van der Waals surface area contributed by atoms with Crippen molar-refractivity contribution in [2.75, 3.05) is 24.2 Å². The zero-order valence-corrected chi connectivity index (χ0v) is 17.4. The number of hydrogen-bond acceptors (Lipinski definition) is 6. The van der Waals surface area contributed by atoms with E-state index in [1.54, 1.807) is 42.0 Å². The Balaban J connectivity index is 1.80. The molecule has 0 spiro atoms. The van der Waals surface area contributed by atoms with Gasteiger partial charge in [-0.25, -0.2) is 19.3 Å². The van der Waals surface area contributed by atoms with Gasteiger partial charge in [-0.2, -0.15) is 0 Å². The van der Waals surface area contributed by atoms with E-state index in [0.717, 1.165) is 53.1 Å². The minimum atomic E-state index is -1.27. The van der Waals surface area contributed by atoms with Crippen molar-refractivity contribution in [2.45, 2.75) is 24.9 Å². The lowest BCUT2D eigenvalue weighted by molar-refractivity contribution is 0.438. The van der Waals surface area contributed by atoms with Crippen LogP contribution in [0.5, 0.6) is 0 Å². The molecule has 5 nitrogen and oxygen atoms in total. The molecule has 1 saturated heterocycles. The SMILES string of the molecule is CC1CCN(c2nc(-c3ccc(F)cc3)c(-c3ccnc(S(C)=O)n3)s2)CC1. The Labute approximate surface area is 170 Å². The van der Waals surface area contributed by atoms with Crippen molar-refractivity contribution in [2.24, 2.45) is 5.92 Å². The summed E-state index contributed by atoms with van der Waals surface area (Å²) in [5.41, 5.74) is 2.29. The van der Waals surface area contributed by atoms with Gasteiger partial charge < -0.3 is 4.90 Å². The lowest BCUT2D eigenvalue weighted by atomic mass is 10.00. The summed E-state index contributed by atoms with van der Waals surface area (Å²) in [4.78, 5) is 16.7. The van der Waals surface area contributed by atoms with Crippen molar-refractivity contribution in [1.82, 2.24) is 15.0 Å². The van der Waals surface area contributed by atoms with E-state index in [2.05, 4.69) is 21.8 Å². The molecule has 3 aromatic rings. The Kier molecular flexibility index (Phi) is 5.50. The molecule has 3 heterocycles. The van der Waals surface area contributed by atoms with Crippen LogP contribution in [0.4, 0.5) is 9.52 Å². The van der Waals surface area contributed by atoms with E-state index in [4.69, 9.17) is 4.98 Å². The smallest absolute Gasteiger partial charge is 0.218 e. The van der Waals surface area contributed by atoms with Crippen LogP contribution in [0, 0.1) is 11.7 Å². The van der Waals surface area contributed by atoms with Crippen LogP contribution in [0.2, 0.25) is 0 Å². The Bertz CT molecular complexity index is 998. The van der Waals surface area contributed by atoms with Gasteiger partial charge in [0.2, 0.25) is 5.16 Å². The first-order valence-corrected chi connectivity index (χ1v) is 11.6. The third-order valence-electron chi connectivity index (χ3n) is 4.91. The molecule has 8 heteroatoms. The van der Waals surface area contributed by atoms with Crippen LogP contribution < -0.4 is 4.90 Å². The summed E-state index contributed by atoms with van der Waals surface area (Å²) in [5.74, 6) is 0.452. The first-order chi connectivity index (χ1) is 13.5. The molecule has 28 heavy (non-hydrogen) atoms. The molecule has 1 unspecified atom stereocenters. The molecule has 0 bridgehead atoms. The van der Waals surface area contributed by atoms with Crippen LogP contribution in [0.15, 0.2) is 41.7 Å². The first kappa shape index (κ1) is 19.1. The molecule has 2 aromatic heterocycles. The second kappa shape index (κ2) is 8.05. The number of halogens is 1. The number of nitrogens with zero attached hydrogens (tertiary/aromatic N) is 4. The van der Waals surface area contributed by atoms with E-state index < -0.39 is 10.8 Å². The fourth-order valence-electron chi connectivity index (χ4n) is 3.23. The van der Waals surface area contributed by atoms with Crippen molar-refractivity contribution in [1.29, 1.82) is 0 Å². The third-order valence-corrected chi connectivity index (χ3v) is 6.76. The highest BCUT2D eigenvalue weighted by Gasteiger charge is 2.23. The van der Waals surface area contributed by atoms with Crippen molar-refractivity contribution in [3.8, 4) is 21.8 Å². The van der Waals surface area contributed by atoms with Gasteiger partial charge in [0, 0.05) is 31.1 Å². The molecular formula is C20H21FN4OS2. The lowest BCUT2D eigenvalue weighted by Gasteiger charge is -2.29. The highest BCUT2D eigenvalue weighted by atomic mass is 32.2. The van der Waals surface area contributed by atoms with Crippen LogP contribution in [-0.2, 0) is 10.8 Å². The Morgan fingerprint density at radius 1 is 1.14 bits per heavy atom. The maximum Gasteiger partial charge on any atom is 0.218 e. The standard InChI is InChI=1S/C20H21FN4OS2/c1-13-8-11-25(12-9-13)20-24-17(14-3-5-15(21)6-4-14)18(27-20)16-7-10-22-19(23-16)28(2)26/h3-7,10,13H,8-9,11-12H2,1-2H3. The molecule has 1 fully saturated rings. The quantitative estimate of drug-likeness (QED) is 0.591. The summed E-state index contributed by atoms with van der Waals surface area (Å²) in [6.45, 7) is 4.23. The predicted octanol–water partition coefficient (Wildman–Crippen LogP) is 4.38. The number of anilines is 1. The number of rotatable bonds is 4. The maximum absolute atomic E-state index is 13.4. The molecule has 146 valence electrons. The zero-order valence-electron chi connectivity index (χ0n) is 15.8. The number of hydrogen-bond donors (Lipinski definition) is 0. The van der Waals surface area contributed by atoms with E-state index in [-0.39, 0.29) is 5.82 Å². The maximum atomic E-state index is 13.4. The summed E-state index contributed by atoms with van der Waals surface area (Å²) in [7, 11) is -1.27. The normalized spacial score (nSPS) is 16.3. The Morgan fingerprint density at radius 2 is 1.86 bits per heavy atom. The van der Waals surface area contributed by atoms with Crippen molar-refractivity contribution in [3.63, 3.8) is 0 Å². The number of piperidine rings is 1. The molecule has 1 atom stereocenters. The fourth-order valence-corrected chi connectivity index (χ4v) is 4.77. The number of benzene rings is 1. The monoisotopic (exact) mass is 416 g/mol. The first-order valence-electron chi connectivity index (χ1n) is 9.20. The summed E-state index contributed by atoms with van der Waals surface area (Å²) < 4.78 is 25.2. The molecule has 1 aliphatic heterocycles. The van der Waals surface area contributed by atoms with Gasteiger partial charge in [-0.15, -0.1) is 0 Å².